The zero-order chi connectivity index (χ0) is 79.5. The predicted octanol–water partition coefficient (Wildman–Crippen LogP) is 19.0. The fraction of sp³-hybridized carbons (Fsp3) is 0.940. The first-order valence-electron chi connectivity index (χ1n) is 44.4. The van der Waals surface area contributed by atoms with Crippen molar-refractivity contribution in [3.63, 3.8) is 0 Å². The van der Waals surface area contributed by atoms with E-state index in [0.717, 1.165) is 141 Å². The van der Waals surface area contributed by atoms with Crippen LogP contribution in [0.3, 0.4) is 0 Å². The van der Waals surface area contributed by atoms with E-state index in [-0.39, 0.29) is 75.5 Å². The van der Waals surface area contributed by atoms with Crippen LogP contribution in [0.25, 0.3) is 0 Å². The Morgan fingerprint density at radius 1 is 0.296 bits per heavy atom. The summed E-state index contributed by atoms with van der Waals surface area (Å²) in [5.41, 5.74) is 0. The van der Waals surface area contributed by atoms with E-state index in [0.29, 0.717) is 38.5 Å². The fourth-order valence-corrected chi connectivity index (χ4v) is 14.8. The molecule has 0 heterocycles. The molecule has 23 nitrogen and oxygen atoms in total. The lowest BCUT2D eigenvalue weighted by atomic mass is 10.0. The molecule has 0 aliphatic rings. The van der Waals surface area contributed by atoms with Crippen LogP contribution in [0.1, 0.15) is 414 Å². The van der Waals surface area contributed by atoms with E-state index in [4.69, 9.17) is 27.6 Å². The second kappa shape index (κ2) is 77.1. The molecule has 0 aliphatic heterocycles. The molecule has 0 aromatic heterocycles. The van der Waals surface area contributed by atoms with Gasteiger partial charge in [-0.2, -0.15) is 37.7 Å². The molecule has 0 aromatic carbocycles. The molecular weight excluding hydrogens is 1410 g/mol. The van der Waals surface area contributed by atoms with Gasteiger partial charge < -0.3 is 51.6 Å². The van der Waals surface area contributed by atoms with Crippen molar-refractivity contribution < 1.29 is 81.3 Å². The summed E-state index contributed by atoms with van der Waals surface area (Å²) in [5.74, 6) is -1.25. The molecule has 0 saturated heterocycles. The molecule has 0 spiro atoms. The summed E-state index contributed by atoms with van der Waals surface area (Å²) < 4.78 is 33.7. The molecule has 12 N–H and O–H groups in total. The number of hydrogen-bond acceptors (Lipinski definition) is 17. The van der Waals surface area contributed by atoms with Gasteiger partial charge in [-0.15, -0.1) is 0 Å². The number of urea groups is 1. The van der Waals surface area contributed by atoms with Crippen LogP contribution in [0.4, 0.5) is 4.79 Å². The summed E-state index contributed by atoms with van der Waals surface area (Å²) in [5, 5.41) is 38.5. The zero-order valence-corrected chi connectivity index (χ0v) is 71.5. The van der Waals surface area contributed by atoms with Gasteiger partial charge in [-0.3, -0.25) is 19.2 Å². The van der Waals surface area contributed by atoms with E-state index in [1.165, 1.54) is 167 Å². The van der Waals surface area contributed by atoms with Crippen molar-refractivity contribution in [3.8, 4) is 0 Å². The fourth-order valence-electron chi connectivity index (χ4n) is 13.2. The largest absolute Gasteiger partial charge is 0.570 e. The number of aliphatic hydroxyl groups is 2. The van der Waals surface area contributed by atoms with Gasteiger partial charge >= 0.3 is 22.4 Å². The van der Waals surface area contributed by atoms with Crippen LogP contribution in [0.2, 0.25) is 0 Å². The molecule has 108 heavy (non-hydrogen) atoms. The number of carbonyl (C=O) groups excluding carboxylic acids is 5. The van der Waals surface area contributed by atoms with Gasteiger partial charge in [0.05, 0.1) is 37.1 Å². The molecule has 0 saturated carbocycles. The maximum atomic E-state index is 13.6. The standard InChI is InChI=1S/C83H166N6O17P2/c1-7-13-19-25-29-33-35-39-41-47-53-59-77(90)88-73(69-86-79(92)67-75(57-51-45-23-17-11-5)105-81(94)61-55-49-43-37-31-27-21-15-9-3)71-103-107(97,98)101-65-63-84-83(96)85-64-66-102-108(99,100)104-72-74(89-78(91)60-54-48-42-40-36-34-30-26-20-14-8-2)70-87-80(93)68-76(58-52-46-24-18-12-6)106-82(95)62-56-50-44-38-32-28-22-16-10-4/h73-76,81-82,94-95,97-100H,7-72H2,1-6H3,(H4-2,84,85,86,87,88,89,90,91,92,93,96)/p+2. The van der Waals surface area contributed by atoms with E-state index in [9.17, 15) is 53.8 Å². The summed E-state index contributed by atoms with van der Waals surface area (Å²) in [6, 6.07) is -2.46. The van der Waals surface area contributed by atoms with E-state index in [1.54, 1.807) is 0 Å². The van der Waals surface area contributed by atoms with Crippen molar-refractivity contribution in [2.45, 2.75) is 451 Å². The monoisotopic (exact) mass is 1580 g/mol. The third-order valence-corrected chi connectivity index (χ3v) is 21.9. The Hall–Kier alpha value is -2.47. The number of nitrogens with one attached hydrogen (secondary N) is 6. The molecule has 0 rings (SSSR count). The van der Waals surface area contributed by atoms with Crippen LogP contribution < -0.4 is 31.9 Å². The maximum absolute atomic E-state index is 13.6. The topological polar surface area (TPSA) is 334 Å². The van der Waals surface area contributed by atoms with Gasteiger partial charge in [0.2, 0.25) is 23.6 Å². The van der Waals surface area contributed by atoms with E-state index in [1.807, 2.05) is 0 Å². The molecule has 6 unspecified atom stereocenters. The first-order chi connectivity index (χ1) is 52.3. The SMILES string of the molecule is CCCCCCCCCCCCCC(=O)NC(CNC(=O)CC(CCCCCCC)OC(O)CCCCCCCCCCC)CO[P+](O)(O)OCCNC(=O)NCCO[P+](O)(O)OCC(CNC(=O)CC(CCCCCCC)OC(O)CCCCCCCCCCC)NC(=O)CCCCCCCCCCCCC. The number of rotatable bonds is 84. The van der Waals surface area contributed by atoms with Crippen LogP contribution in [0, 0.1) is 0 Å². The van der Waals surface area contributed by atoms with Crippen molar-refractivity contribution in [2.24, 2.45) is 0 Å². The van der Waals surface area contributed by atoms with Gasteiger partial charge in [0.15, 0.2) is 12.6 Å². The quantitative estimate of drug-likeness (QED) is 0.0153. The van der Waals surface area contributed by atoms with Crippen molar-refractivity contribution in [3.05, 3.63) is 0 Å². The lowest BCUT2D eigenvalue weighted by molar-refractivity contribution is -0.152. The third kappa shape index (κ3) is 73.7. The third-order valence-electron chi connectivity index (χ3n) is 19.9. The Kier molecular flexibility index (Phi) is 75.4. The number of amides is 6. The molecule has 0 radical (unpaired) electrons. The summed E-state index contributed by atoms with van der Waals surface area (Å²) in [4.78, 5) is 110. The number of hydrogen-bond donors (Lipinski definition) is 12. The summed E-state index contributed by atoms with van der Waals surface area (Å²) in [7, 11) is -9.04. The van der Waals surface area contributed by atoms with Gasteiger partial charge in [0.1, 0.15) is 26.4 Å². The summed E-state index contributed by atoms with van der Waals surface area (Å²) in [6.45, 7) is 10.9. The van der Waals surface area contributed by atoms with Crippen LogP contribution in [-0.2, 0) is 46.7 Å². The Balaban J connectivity index is 5.69. The Labute approximate surface area is 659 Å². The molecule has 6 atom stereocenters. The van der Waals surface area contributed by atoms with Crippen molar-refractivity contribution >= 4 is 46.0 Å². The van der Waals surface area contributed by atoms with Crippen LogP contribution in [0.15, 0.2) is 0 Å². The van der Waals surface area contributed by atoms with Gasteiger partial charge in [-0.1, -0.05) is 337 Å². The molecule has 0 aliphatic carbocycles. The molecule has 640 valence electrons. The minimum atomic E-state index is -4.52. The van der Waals surface area contributed by atoms with Gasteiger partial charge in [-0.05, 0) is 51.4 Å². The van der Waals surface area contributed by atoms with Crippen molar-refractivity contribution in [2.75, 3.05) is 52.6 Å². The molecule has 25 heteroatoms. The van der Waals surface area contributed by atoms with E-state index >= 15 is 0 Å². The van der Waals surface area contributed by atoms with Crippen LogP contribution in [-0.4, -0.2) is 149 Å². The zero-order valence-electron chi connectivity index (χ0n) is 69.7. The van der Waals surface area contributed by atoms with Crippen LogP contribution in [0.5, 0.6) is 0 Å². The number of carbonyl (C=O) groups is 5. The average Bonchev–Trinajstić information content (AvgIpc) is 0.913. The van der Waals surface area contributed by atoms with Gasteiger partial charge in [-0.25, -0.2) is 4.79 Å². The highest BCUT2D eigenvalue weighted by atomic mass is 31.2. The lowest BCUT2D eigenvalue weighted by Crippen LogP contribution is -2.47. The molecular formula is C83H168N6O17P2+2. The van der Waals surface area contributed by atoms with E-state index in [2.05, 4.69) is 73.4 Å². The molecule has 0 bridgehead atoms. The second-order valence-corrected chi connectivity index (χ2v) is 33.6. The highest BCUT2D eigenvalue weighted by Gasteiger charge is 2.42. The Morgan fingerprint density at radius 2 is 0.537 bits per heavy atom. The van der Waals surface area contributed by atoms with Gasteiger partial charge in [0.25, 0.3) is 0 Å². The number of unbranched alkanes of at least 4 members (excludes halogenated alkanes) is 44. The lowest BCUT2D eigenvalue weighted by Gasteiger charge is -2.23. The molecule has 6 amide bonds. The van der Waals surface area contributed by atoms with Crippen molar-refractivity contribution in [1.82, 2.24) is 31.9 Å². The van der Waals surface area contributed by atoms with Crippen molar-refractivity contribution in [1.29, 1.82) is 0 Å². The summed E-state index contributed by atoms with van der Waals surface area (Å²) in [6.07, 6.45) is 55.5. The predicted molar refractivity (Wildman–Crippen MR) is 441 cm³/mol. The number of ether oxygens (including phenoxy) is 2. The number of aliphatic hydroxyl groups excluding tert-OH is 2. The first kappa shape index (κ1) is 106. The Bertz CT molecular complexity index is 1910. The molecule has 0 aromatic rings. The first-order valence-corrected chi connectivity index (χ1v) is 47.5. The normalized spacial score (nSPS) is 13.6. The molecule has 0 fully saturated rings. The Morgan fingerprint density at radius 3 is 0.806 bits per heavy atom. The second-order valence-electron chi connectivity index (χ2n) is 30.6. The average molecular weight is 1580 g/mol. The highest BCUT2D eigenvalue weighted by Crippen LogP contribution is 2.53. The smallest absolute Gasteiger partial charge is 0.368 e. The minimum Gasteiger partial charge on any atom is -0.368 e. The minimum absolute atomic E-state index is 0.00757. The van der Waals surface area contributed by atoms with Gasteiger partial charge in [0, 0.05) is 39.0 Å². The van der Waals surface area contributed by atoms with Crippen LogP contribution >= 0.6 is 16.3 Å². The van der Waals surface area contributed by atoms with E-state index < -0.39 is 85.7 Å². The highest BCUT2D eigenvalue weighted by molar-refractivity contribution is 7.54. The maximum Gasteiger partial charge on any atom is 0.570 e. The summed E-state index contributed by atoms with van der Waals surface area (Å²) >= 11 is 0.